The van der Waals surface area contributed by atoms with Crippen molar-refractivity contribution in [3.05, 3.63) is 29.8 Å². The standard InChI is InChI=1S/C12H17ClO2/c1-15-12-7-3-2-5-10(12)9-11(14)6-4-8-13/h2-3,5,7,11,14H,4,6,8-9H2,1H3. The van der Waals surface area contributed by atoms with E-state index in [2.05, 4.69) is 0 Å². The van der Waals surface area contributed by atoms with Crippen molar-refractivity contribution in [1.82, 2.24) is 0 Å². The molecule has 0 amide bonds. The summed E-state index contributed by atoms with van der Waals surface area (Å²) in [6, 6.07) is 7.76. The molecule has 0 radical (unpaired) electrons. The molecule has 0 aliphatic rings. The number of rotatable bonds is 6. The lowest BCUT2D eigenvalue weighted by atomic mass is 10.0. The van der Waals surface area contributed by atoms with Gasteiger partial charge in [-0.1, -0.05) is 18.2 Å². The molecule has 1 unspecified atom stereocenters. The van der Waals surface area contributed by atoms with Gasteiger partial charge in [0.15, 0.2) is 0 Å². The predicted octanol–water partition coefficient (Wildman–Crippen LogP) is 2.62. The van der Waals surface area contributed by atoms with Gasteiger partial charge in [0.25, 0.3) is 0 Å². The highest BCUT2D eigenvalue weighted by atomic mass is 35.5. The smallest absolute Gasteiger partial charge is 0.122 e. The van der Waals surface area contributed by atoms with Gasteiger partial charge in [0.2, 0.25) is 0 Å². The molecular formula is C12H17ClO2. The summed E-state index contributed by atoms with van der Waals surface area (Å²) in [6.45, 7) is 0. The fourth-order valence-electron chi connectivity index (χ4n) is 1.54. The molecule has 1 N–H and O–H groups in total. The fourth-order valence-corrected chi connectivity index (χ4v) is 1.69. The van der Waals surface area contributed by atoms with E-state index in [4.69, 9.17) is 16.3 Å². The summed E-state index contributed by atoms with van der Waals surface area (Å²) in [7, 11) is 1.64. The monoisotopic (exact) mass is 228 g/mol. The highest BCUT2D eigenvalue weighted by molar-refractivity contribution is 6.17. The van der Waals surface area contributed by atoms with Crippen molar-refractivity contribution >= 4 is 11.6 Å². The van der Waals surface area contributed by atoms with Gasteiger partial charge in [0.1, 0.15) is 5.75 Å². The third-order valence-corrected chi connectivity index (χ3v) is 2.59. The van der Waals surface area contributed by atoms with Crippen LogP contribution in [0.3, 0.4) is 0 Å². The van der Waals surface area contributed by atoms with Crippen LogP contribution in [0.1, 0.15) is 18.4 Å². The molecule has 0 saturated carbocycles. The highest BCUT2D eigenvalue weighted by Gasteiger charge is 2.08. The topological polar surface area (TPSA) is 29.5 Å². The normalized spacial score (nSPS) is 12.5. The lowest BCUT2D eigenvalue weighted by Crippen LogP contribution is -2.11. The largest absolute Gasteiger partial charge is 0.496 e. The van der Waals surface area contributed by atoms with E-state index in [1.807, 2.05) is 24.3 Å². The summed E-state index contributed by atoms with van der Waals surface area (Å²) in [5, 5.41) is 9.74. The number of hydrogen-bond acceptors (Lipinski definition) is 2. The van der Waals surface area contributed by atoms with Gasteiger partial charge in [0.05, 0.1) is 13.2 Å². The first-order valence-corrected chi connectivity index (χ1v) is 5.67. The summed E-state index contributed by atoms with van der Waals surface area (Å²) in [5.74, 6) is 1.44. The van der Waals surface area contributed by atoms with Crippen LogP contribution in [0, 0.1) is 0 Å². The molecule has 0 spiro atoms. The maximum atomic E-state index is 9.74. The minimum absolute atomic E-state index is 0.333. The fraction of sp³-hybridized carbons (Fsp3) is 0.500. The van der Waals surface area contributed by atoms with Gasteiger partial charge in [-0.2, -0.15) is 0 Å². The molecule has 15 heavy (non-hydrogen) atoms. The Kier molecular flexibility index (Phi) is 5.51. The Hall–Kier alpha value is -0.730. The van der Waals surface area contributed by atoms with Gasteiger partial charge in [-0.15, -0.1) is 11.6 Å². The van der Waals surface area contributed by atoms with Gasteiger partial charge in [0, 0.05) is 12.3 Å². The molecule has 2 nitrogen and oxygen atoms in total. The average molecular weight is 229 g/mol. The molecule has 1 aromatic rings. The number of hydrogen-bond donors (Lipinski definition) is 1. The Morgan fingerprint density at radius 2 is 2.13 bits per heavy atom. The Balaban J connectivity index is 2.55. The van der Waals surface area contributed by atoms with Crippen LogP contribution in [0.15, 0.2) is 24.3 Å². The Morgan fingerprint density at radius 1 is 1.40 bits per heavy atom. The minimum Gasteiger partial charge on any atom is -0.496 e. The summed E-state index contributed by atoms with van der Waals surface area (Å²) in [4.78, 5) is 0. The van der Waals surface area contributed by atoms with Crippen molar-refractivity contribution in [3.8, 4) is 5.75 Å². The van der Waals surface area contributed by atoms with Gasteiger partial charge < -0.3 is 9.84 Å². The first-order valence-electron chi connectivity index (χ1n) is 5.14. The molecule has 1 aromatic carbocycles. The van der Waals surface area contributed by atoms with E-state index in [0.29, 0.717) is 12.3 Å². The van der Waals surface area contributed by atoms with Crippen LogP contribution in [-0.2, 0) is 6.42 Å². The molecule has 0 aromatic heterocycles. The lowest BCUT2D eigenvalue weighted by molar-refractivity contribution is 0.163. The van der Waals surface area contributed by atoms with E-state index < -0.39 is 0 Å². The average Bonchev–Trinajstić information content (AvgIpc) is 2.27. The molecule has 0 heterocycles. The van der Waals surface area contributed by atoms with E-state index in [9.17, 15) is 5.11 Å². The van der Waals surface area contributed by atoms with Crippen LogP contribution >= 0.6 is 11.6 Å². The second-order valence-corrected chi connectivity index (χ2v) is 3.88. The summed E-state index contributed by atoms with van der Waals surface area (Å²) in [6.07, 6.45) is 1.88. The molecule has 84 valence electrons. The molecule has 0 aliphatic heterocycles. The molecule has 1 atom stereocenters. The van der Waals surface area contributed by atoms with E-state index in [0.717, 1.165) is 24.2 Å². The Labute approximate surface area is 95.8 Å². The quantitative estimate of drug-likeness (QED) is 0.759. The number of aliphatic hydroxyl groups is 1. The predicted molar refractivity (Wildman–Crippen MR) is 62.7 cm³/mol. The van der Waals surface area contributed by atoms with Crippen LogP contribution < -0.4 is 4.74 Å². The van der Waals surface area contributed by atoms with Crippen molar-refractivity contribution < 1.29 is 9.84 Å². The second-order valence-electron chi connectivity index (χ2n) is 3.50. The first-order chi connectivity index (χ1) is 7.27. The number of alkyl halides is 1. The molecular weight excluding hydrogens is 212 g/mol. The molecule has 1 rings (SSSR count). The van der Waals surface area contributed by atoms with Crippen molar-refractivity contribution in [2.24, 2.45) is 0 Å². The number of ether oxygens (including phenoxy) is 1. The zero-order valence-corrected chi connectivity index (χ0v) is 9.70. The van der Waals surface area contributed by atoms with Crippen molar-refractivity contribution in [2.75, 3.05) is 13.0 Å². The summed E-state index contributed by atoms with van der Waals surface area (Å²) < 4.78 is 5.21. The van der Waals surface area contributed by atoms with E-state index in [1.165, 1.54) is 0 Å². The van der Waals surface area contributed by atoms with E-state index in [1.54, 1.807) is 7.11 Å². The van der Waals surface area contributed by atoms with Crippen molar-refractivity contribution in [1.29, 1.82) is 0 Å². The maximum Gasteiger partial charge on any atom is 0.122 e. The van der Waals surface area contributed by atoms with Crippen molar-refractivity contribution in [3.63, 3.8) is 0 Å². The SMILES string of the molecule is COc1ccccc1CC(O)CCCCl. The van der Waals surface area contributed by atoms with E-state index in [-0.39, 0.29) is 6.10 Å². The molecule has 3 heteroatoms. The molecule has 0 aliphatic carbocycles. The molecule has 0 bridgehead atoms. The second kappa shape index (κ2) is 6.70. The number of para-hydroxylation sites is 1. The van der Waals surface area contributed by atoms with Gasteiger partial charge in [-0.05, 0) is 24.5 Å². The van der Waals surface area contributed by atoms with Crippen LogP contribution in [0.4, 0.5) is 0 Å². The molecule has 0 fully saturated rings. The van der Waals surface area contributed by atoms with Crippen molar-refractivity contribution in [2.45, 2.75) is 25.4 Å². The number of methoxy groups -OCH3 is 1. The van der Waals surface area contributed by atoms with Crippen LogP contribution in [0.25, 0.3) is 0 Å². The summed E-state index contributed by atoms with van der Waals surface area (Å²) in [5.41, 5.74) is 1.04. The lowest BCUT2D eigenvalue weighted by Gasteiger charge is -2.12. The highest BCUT2D eigenvalue weighted by Crippen LogP contribution is 2.20. The van der Waals surface area contributed by atoms with Gasteiger partial charge >= 0.3 is 0 Å². The number of halogens is 1. The Bertz CT molecular complexity index is 289. The maximum absolute atomic E-state index is 9.74. The summed E-state index contributed by atoms with van der Waals surface area (Å²) >= 11 is 5.57. The van der Waals surface area contributed by atoms with Crippen LogP contribution in [-0.4, -0.2) is 24.2 Å². The zero-order chi connectivity index (χ0) is 11.1. The third-order valence-electron chi connectivity index (χ3n) is 2.32. The number of aliphatic hydroxyl groups excluding tert-OH is 1. The van der Waals surface area contributed by atoms with E-state index >= 15 is 0 Å². The van der Waals surface area contributed by atoms with Gasteiger partial charge in [-0.25, -0.2) is 0 Å². The van der Waals surface area contributed by atoms with Crippen LogP contribution in [0.5, 0.6) is 5.75 Å². The third kappa shape index (κ3) is 4.10. The first kappa shape index (κ1) is 12.3. The Morgan fingerprint density at radius 3 is 2.80 bits per heavy atom. The minimum atomic E-state index is -0.333. The van der Waals surface area contributed by atoms with Gasteiger partial charge in [-0.3, -0.25) is 0 Å². The zero-order valence-electron chi connectivity index (χ0n) is 8.95. The molecule has 0 saturated heterocycles. The number of benzene rings is 1. The van der Waals surface area contributed by atoms with Crippen LogP contribution in [0.2, 0.25) is 0 Å².